The van der Waals surface area contributed by atoms with Crippen LogP contribution in [0.4, 0.5) is 4.39 Å². The van der Waals surface area contributed by atoms with Crippen LogP contribution in [-0.2, 0) is 0 Å². The van der Waals surface area contributed by atoms with E-state index in [9.17, 15) is 9.50 Å². The van der Waals surface area contributed by atoms with Gasteiger partial charge in [-0.2, -0.15) is 0 Å². The van der Waals surface area contributed by atoms with Gasteiger partial charge in [-0.15, -0.1) is 11.8 Å². The third-order valence-corrected chi connectivity index (χ3v) is 3.50. The van der Waals surface area contributed by atoms with Crippen molar-refractivity contribution >= 4 is 11.8 Å². The van der Waals surface area contributed by atoms with Crippen molar-refractivity contribution in [3.05, 3.63) is 30.1 Å². The van der Waals surface area contributed by atoms with Crippen LogP contribution in [0.5, 0.6) is 0 Å². The first-order valence-corrected chi connectivity index (χ1v) is 5.63. The number of halogens is 1. The Labute approximate surface area is 88.3 Å². The van der Waals surface area contributed by atoms with Crippen LogP contribution in [0, 0.1) is 5.82 Å². The van der Waals surface area contributed by atoms with E-state index in [-0.39, 0.29) is 5.82 Å². The van der Waals surface area contributed by atoms with Crippen LogP contribution in [0.1, 0.15) is 20.3 Å². The van der Waals surface area contributed by atoms with Crippen molar-refractivity contribution in [2.24, 2.45) is 0 Å². The summed E-state index contributed by atoms with van der Waals surface area (Å²) in [5.74, 6) is 0.409. The lowest BCUT2D eigenvalue weighted by Crippen LogP contribution is -2.25. The molecule has 0 radical (unpaired) electrons. The Hall–Kier alpha value is -0.540. The number of rotatable bonds is 4. The molecular weight excluding hydrogens is 199 g/mol. The maximum absolute atomic E-state index is 12.6. The number of hydrogen-bond acceptors (Lipinski definition) is 2. The van der Waals surface area contributed by atoms with E-state index in [0.29, 0.717) is 5.75 Å². The maximum Gasteiger partial charge on any atom is 0.123 e. The van der Waals surface area contributed by atoms with Crippen molar-refractivity contribution in [2.45, 2.75) is 30.8 Å². The third kappa shape index (κ3) is 3.68. The lowest BCUT2D eigenvalue weighted by Gasteiger charge is -2.20. The van der Waals surface area contributed by atoms with Crippen molar-refractivity contribution in [1.29, 1.82) is 0 Å². The molecule has 0 heterocycles. The Bertz CT molecular complexity index is 282. The molecule has 3 heteroatoms. The van der Waals surface area contributed by atoms with Gasteiger partial charge in [0.15, 0.2) is 0 Å². The van der Waals surface area contributed by atoms with E-state index in [4.69, 9.17) is 0 Å². The largest absolute Gasteiger partial charge is 0.389 e. The van der Waals surface area contributed by atoms with Crippen LogP contribution in [0.25, 0.3) is 0 Å². The molecule has 1 aromatic carbocycles. The van der Waals surface area contributed by atoms with E-state index in [0.717, 1.165) is 11.3 Å². The zero-order valence-corrected chi connectivity index (χ0v) is 9.27. The van der Waals surface area contributed by atoms with Crippen molar-refractivity contribution in [2.75, 3.05) is 5.75 Å². The van der Waals surface area contributed by atoms with Crippen molar-refractivity contribution < 1.29 is 9.50 Å². The Kier molecular flexibility index (Phi) is 3.96. The number of aliphatic hydroxyl groups is 1. The van der Waals surface area contributed by atoms with Gasteiger partial charge in [0.05, 0.1) is 5.60 Å². The minimum Gasteiger partial charge on any atom is -0.389 e. The summed E-state index contributed by atoms with van der Waals surface area (Å²) in [4.78, 5) is 0.986. The van der Waals surface area contributed by atoms with Gasteiger partial charge in [-0.1, -0.05) is 6.92 Å². The maximum atomic E-state index is 12.6. The Morgan fingerprint density at radius 2 is 1.93 bits per heavy atom. The predicted molar refractivity (Wildman–Crippen MR) is 58.0 cm³/mol. The lowest BCUT2D eigenvalue weighted by molar-refractivity contribution is 0.0816. The summed E-state index contributed by atoms with van der Waals surface area (Å²) < 4.78 is 12.6. The van der Waals surface area contributed by atoms with E-state index in [1.165, 1.54) is 12.1 Å². The molecule has 0 aliphatic heterocycles. The fourth-order valence-electron chi connectivity index (χ4n) is 0.872. The zero-order valence-electron chi connectivity index (χ0n) is 8.46. The van der Waals surface area contributed by atoms with Crippen LogP contribution in [0.2, 0.25) is 0 Å². The Morgan fingerprint density at radius 1 is 1.36 bits per heavy atom. The Balaban J connectivity index is 2.50. The molecule has 1 atom stereocenters. The quantitative estimate of drug-likeness (QED) is 0.777. The third-order valence-electron chi connectivity index (χ3n) is 2.13. The number of thioether (sulfide) groups is 1. The molecule has 78 valence electrons. The second kappa shape index (κ2) is 4.80. The minimum atomic E-state index is -0.640. The molecule has 14 heavy (non-hydrogen) atoms. The van der Waals surface area contributed by atoms with Gasteiger partial charge in [0, 0.05) is 10.6 Å². The van der Waals surface area contributed by atoms with E-state index < -0.39 is 5.60 Å². The average molecular weight is 214 g/mol. The molecule has 1 rings (SSSR count). The highest BCUT2D eigenvalue weighted by Crippen LogP contribution is 2.24. The van der Waals surface area contributed by atoms with Gasteiger partial charge in [0.2, 0.25) is 0 Å². The van der Waals surface area contributed by atoms with Gasteiger partial charge in [0.1, 0.15) is 5.82 Å². The monoisotopic (exact) mass is 214 g/mol. The minimum absolute atomic E-state index is 0.225. The van der Waals surface area contributed by atoms with E-state index in [1.54, 1.807) is 23.9 Å². The standard InChI is InChI=1S/C11H15FOS/c1-3-11(2,13)8-14-10-6-4-9(12)5-7-10/h4-7,13H,3,8H2,1-2H3. The van der Waals surface area contributed by atoms with Crippen molar-refractivity contribution in [3.63, 3.8) is 0 Å². The molecule has 0 saturated heterocycles. The smallest absolute Gasteiger partial charge is 0.123 e. The SMILES string of the molecule is CCC(C)(O)CSc1ccc(F)cc1. The highest BCUT2D eigenvalue weighted by Gasteiger charge is 2.17. The van der Waals surface area contributed by atoms with Crippen LogP contribution in [0.3, 0.4) is 0 Å². The van der Waals surface area contributed by atoms with Gasteiger partial charge in [-0.05, 0) is 37.6 Å². The molecule has 0 aliphatic rings. The van der Waals surface area contributed by atoms with E-state index in [1.807, 2.05) is 13.8 Å². The van der Waals surface area contributed by atoms with E-state index in [2.05, 4.69) is 0 Å². The van der Waals surface area contributed by atoms with Crippen LogP contribution < -0.4 is 0 Å². The van der Waals surface area contributed by atoms with Gasteiger partial charge in [-0.3, -0.25) is 0 Å². The summed E-state index contributed by atoms with van der Waals surface area (Å²) in [6.45, 7) is 3.76. The normalized spacial score (nSPS) is 15.1. The summed E-state index contributed by atoms with van der Waals surface area (Å²) in [7, 11) is 0. The summed E-state index contributed by atoms with van der Waals surface area (Å²) in [6, 6.07) is 6.32. The molecule has 0 aromatic heterocycles. The molecule has 0 bridgehead atoms. The van der Waals surface area contributed by atoms with Crippen molar-refractivity contribution in [1.82, 2.24) is 0 Å². The molecule has 1 aromatic rings. The van der Waals surface area contributed by atoms with Gasteiger partial charge < -0.3 is 5.11 Å². The number of hydrogen-bond donors (Lipinski definition) is 1. The number of benzene rings is 1. The summed E-state index contributed by atoms with van der Waals surface area (Å²) in [6.07, 6.45) is 0.723. The first-order valence-electron chi connectivity index (χ1n) is 4.64. The summed E-state index contributed by atoms with van der Waals surface area (Å²) >= 11 is 1.54. The van der Waals surface area contributed by atoms with E-state index >= 15 is 0 Å². The Morgan fingerprint density at radius 3 is 2.43 bits per heavy atom. The molecule has 0 saturated carbocycles. The molecule has 1 nitrogen and oxygen atoms in total. The van der Waals surface area contributed by atoms with Crippen molar-refractivity contribution in [3.8, 4) is 0 Å². The summed E-state index contributed by atoms with van der Waals surface area (Å²) in [5.41, 5.74) is -0.640. The summed E-state index contributed by atoms with van der Waals surface area (Å²) in [5, 5.41) is 9.74. The highest BCUT2D eigenvalue weighted by atomic mass is 32.2. The second-order valence-corrected chi connectivity index (χ2v) is 4.64. The fraction of sp³-hybridized carbons (Fsp3) is 0.455. The molecule has 1 N–H and O–H groups in total. The first kappa shape index (κ1) is 11.5. The first-order chi connectivity index (χ1) is 6.53. The van der Waals surface area contributed by atoms with Gasteiger partial charge in [0.25, 0.3) is 0 Å². The molecule has 1 unspecified atom stereocenters. The van der Waals surface area contributed by atoms with Crippen LogP contribution >= 0.6 is 11.8 Å². The molecular formula is C11H15FOS. The predicted octanol–water partition coefficient (Wildman–Crippen LogP) is 3.08. The van der Waals surface area contributed by atoms with Gasteiger partial charge in [-0.25, -0.2) is 4.39 Å². The fourth-order valence-corrected chi connectivity index (χ4v) is 1.88. The topological polar surface area (TPSA) is 20.2 Å². The molecule has 0 amide bonds. The van der Waals surface area contributed by atoms with Crippen LogP contribution in [0.15, 0.2) is 29.2 Å². The average Bonchev–Trinajstić information content (AvgIpc) is 2.17. The second-order valence-electron chi connectivity index (χ2n) is 3.59. The zero-order chi connectivity index (χ0) is 10.6. The highest BCUT2D eigenvalue weighted by molar-refractivity contribution is 7.99. The lowest BCUT2D eigenvalue weighted by atomic mass is 10.1. The molecule has 0 fully saturated rings. The molecule has 0 aliphatic carbocycles. The molecule has 0 spiro atoms. The van der Waals surface area contributed by atoms with Gasteiger partial charge >= 0.3 is 0 Å². The van der Waals surface area contributed by atoms with Crippen LogP contribution in [-0.4, -0.2) is 16.5 Å².